The third-order valence-corrected chi connectivity index (χ3v) is 0.910. The van der Waals surface area contributed by atoms with Gasteiger partial charge in [-0.25, -0.2) is 5.53 Å². The molecule has 0 aliphatic rings. The molecule has 0 saturated carbocycles. The SMILES string of the molecule is COC(=O)CC(C)N=N. The van der Waals surface area contributed by atoms with E-state index in [2.05, 4.69) is 9.85 Å². The van der Waals surface area contributed by atoms with Gasteiger partial charge >= 0.3 is 5.97 Å². The molecule has 0 aliphatic carbocycles. The molecule has 1 unspecified atom stereocenters. The zero-order chi connectivity index (χ0) is 7.28. The van der Waals surface area contributed by atoms with Crippen molar-refractivity contribution >= 4 is 5.97 Å². The quantitative estimate of drug-likeness (QED) is 0.457. The molecule has 0 spiro atoms. The number of hydrogen-bond donors (Lipinski definition) is 1. The number of nitrogens with one attached hydrogen (secondary N) is 1. The summed E-state index contributed by atoms with van der Waals surface area (Å²) in [6.45, 7) is 1.68. The van der Waals surface area contributed by atoms with E-state index in [1.807, 2.05) is 0 Å². The summed E-state index contributed by atoms with van der Waals surface area (Å²) in [6, 6.07) is -0.252. The molecule has 4 nitrogen and oxygen atoms in total. The molecular weight excluding hydrogens is 120 g/mol. The fourth-order valence-electron chi connectivity index (χ4n) is 0.370. The van der Waals surface area contributed by atoms with Gasteiger partial charge in [0.1, 0.15) is 0 Å². The minimum absolute atomic E-state index is 0.194. The highest BCUT2D eigenvalue weighted by molar-refractivity contribution is 5.69. The minimum atomic E-state index is -0.321. The first-order valence-electron chi connectivity index (χ1n) is 2.64. The maximum atomic E-state index is 10.4. The topological polar surface area (TPSA) is 62.5 Å². The van der Waals surface area contributed by atoms with Crippen molar-refractivity contribution in [3.63, 3.8) is 0 Å². The third kappa shape index (κ3) is 3.64. The van der Waals surface area contributed by atoms with Crippen LogP contribution in [0.4, 0.5) is 0 Å². The van der Waals surface area contributed by atoms with Gasteiger partial charge in [-0.15, -0.1) is 0 Å². The smallest absolute Gasteiger partial charge is 0.307 e. The van der Waals surface area contributed by atoms with Crippen molar-refractivity contribution in [3.8, 4) is 0 Å². The normalized spacial score (nSPS) is 12.2. The fraction of sp³-hybridized carbons (Fsp3) is 0.800. The molecule has 0 aromatic carbocycles. The Balaban J connectivity index is 3.46. The maximum absolute atomic E-state index is 10.4. The van der Waals surface area contributed by atoms with Crippen molar-refractivity contribution in [2.75, 3.05) is 7.11 Å². The highest BCUT2D eigenvalue weighted by Crippen LogP contribution is 1.96. The summed E-state index contributed by atoms with van der Waals surface area (Å²) < 4.78 is 4.34. The Labute approximate surface area is 53.7 Å². The fourth-order valence-corrected chi connectivity index (χ4v) is 0.370. The van der Waals surface area contributed by atoms with Gasteiger partial charge in [-0.2, -0.15) is 5.11 Å². The van der Waals surface area contributed by atoms with Gasteiger partial charge in [-0.1, -0.05) is 0 Å². The largest absolute Gasteiger partial charge is 0.469 e. The molecule has 4 heteroatoms. The van der Waals surface area contributed by atoms with Crippen LogP contribution >= 0.6 is 0 Å². The van der Waals surface area contributed by atoms with Gasteiger partial charge < -0.3 is 4.74 Å². The Morgan fingerprint density at radius 2 is 2.44 bits per heavy atom. The number of ether oxygens (including phenoxy) is 1. The standard InChI is InChI=1S/C5H10N2O2/c1-4(7-6)3-5(8)9-2/h4,6H,3H2,1-2H3. The van der Waals surface area contributed by atoms with Crippen LogP contribution in [-0.4, -0.2) is 19.1 Å². The summed E-state index contributed by atoms with van der Waals surface area (Å²) in [6.07, 6.45) is 0.194. The van der Waals surface area contributed by atoms with E-state index in [1.54, 1.807) is 6.92 Å². The molecule has 0 heterocycles. The lowest BCUT2D eigenvalue weighted by Gasteiger charge is -1.99. The number of carbonyl (C=O) groups excluding carboxylic acids is 1. The van der Waals surface area contributed by atoms with Crippen LogP contribution < -0.4 is 0 Å². The molecule has 0 saturated heterocycles. The number of rotatable bonds is 3. The predicted molar refractivity (Wildman–Crippen MR) is 31.2 cm³/mol. The molecule has 0 radical (unpaired) electrons. The lowest BCUT2D eigenvalue weighted by Crippen LogP contribution is -2.08. The van der Waals surface area contributed by atoms with Crippen molar-refractivity contribution < 1.29 is 9.53 Å². The second-order valence-electron chi connectivity index (χ2n) is 1.76. The highest BCUT2D eigenvalue weighted by Gasteiger charge is 2.05. The third-order valence-electron chi connectivity index (χ3n) is 0.910. The maximum Gasteiger partial charge on any atom is 0.307 e. The molecule has 52 valence electrons. The monoisotopic (exact) mass is 130 g/mol. The van der Waals surface area contributed by atoms with Gasteiger partial charge in [0.2, 0.25) is 0 Å². The summed E-state index contributed by atoms with van der Waals surface area (Å²) in [5.74, 6) is -0.321. The molecule has 0 fully saturated rings. The first kappa shape index (κ1) is 8.07. The summed E-state index contributed by atoms with van der Waals surface area (Å²) in [7, 11) is 1.32. The Morgan fingerprint density at radius 1 is 1.89 bits per heavy atom. The summed E-state index contributed by atoms with van der Waals surface area (Å²) >= 11 is 0. The Bertz CT molecular complexity index is 114. The second-order valence-corrected chi connectivity index (χ2v) is 1.76. The molecule has 0 aromatic heterocycles. The Morgan fingerprint density at radius 3 is 2.78 bits per heavy atom. The van der Waals surface area contributed by atoms with E-state index in [-0.39, 0.29) is 18.4 Å². The van der Waals surface area contributed by atoms with Crippen LogP contribution in [0, 0.1) is 5.53 Å². The Hall–Kier alpha value is -0.930. The van der Waals surface area contributed by atoms with Gasteiger partial charge in [0.05, 0.1) is 19.6 Å². The van der Waals surface area contributed by atoms with Crippen LogP contribution in [0.1, 0.15) is 13.3 Å². The van der Waals surface area contributed by atoms with Gasteiger partial charge in [0, 0.05) is 0 Å². The van der Waals surface area contributed by atoms with Crippen LogP contribution in [0.5, 0.6) is 0 Å². The molecule has 0 amide bonds. The van der Waals surface area contributed by atoms with Crippen molar-refractivity contribution in [1.29, 1.82) is 5.53 Å². The molecule has 9 heavy (non-hydrogen) atoms. The highest BCUT2D eigenvalue weighted by atomic mass is 16.5. The van der Waals surface area contributed by atoms with E-state index in [0.29, 0.717) is 0 Å². The average Bonchev–Trinajstić information content (AvgIpc) is 1.87. The van der Waals surface area contributed by atoms with Crippen LogP contribution in [0.25, 0.3) is 0 Å². The molecule has 0 rings (SSSR count). The van der Waals surface area contributed by atoms with Crippen LogP contribution in [-0.2, 0) is 9.53 Å². The van der Waals surface area contributed by atoms with E-state index >= 15 is 0 Å². The van der Waals surface area contributed by atoms with Crippen LogP contribution in [0.15, 0.2) is 5.11 Å². The van der Waals surface area contributed by atoms with Crippen molar-refractivity contribution in [2.24, 2.45) is 5.11 Å². The minimum Gasteiger partial charge on any atom is -0.469 e. The van der Waals surface area contributed by atoms with Crippen molar-refractivity contribution in [2.45, 2.75) is 19.4 Å². The van der Waals surface area contributed by atoms with E-state index in [1.165, 1.54) is 7.11 Å². The molecule has 0 aliphatic heterocycles. The zero-order valence-electron chi connectivity index (χ0n) is 5.55. The van der Waals surface area contributed by atoms with Gasteiger partial charge in [0.25, 0.3) is 0 Å². The second kappa shape index (κ2) is 4.00. The Kier molecular flexibility index (Phi) is 3.59. The average molecular weight is 130 g/mol. The molecule has 0 bridgehead atoms. The van der Waals surface area contributed by atoms with E-state index in [4.69, 9.17) is 5.53 Å². The summed E-state index contributed by atoms with van der Waals surface area (Å²) in [5, 5.41) is 3.13. The lowest BCUT2D eigenvalue weighted by molar-refractivity contribution is -0.140. The summed E-state index contributed by atoms with van der Waals surface area (Å²) in [5.41, 5.74) is 6.49. The molecule has 0 aromatic rings. The van der Waals surface area contributed by atoms with E-state index in [0.717, 1.165) is 0 Å². The molecule has 1 N–H and O–H groups in total. The first-order valence-corrected chi connectivity index (χ1v) is 2.64. The molecular formula is C5H10N2O2. The zero-order valence-corrected chi connectivity index (χ0v) is 5.55. The van der Waals surface area contributed by atoms with Crippen molar-refractivity contribution in [3.05, 3.63) is 0 Å². The van der Waals surface area contributed by atoms with Crippen LogP contribution in [0.2, 0.25) is 0 Å². The number of hydrogen-bond acceptors (Lipinski definition) is 4. The van der Waals surface area contributed by atoms with E-state index < -0.39 is 0 Å². The van der Waals surface area contributed by atoms with Gasteiger partial charge in [0.15, 0.2) is 0 Å². The van der Waals surface area contributed by atoms with Crippen molar-refractivity contribution in [1.82, 2.24) is 0 Å². The molecule has 1 atom stereocenters. The number of methoxy groups -OCH3 is 1. The lowest BCUT2D eigenvalue weighted by atomic mass is 10.2. The number of nitrogens with zero attached hydrogens (tertiary/aromatic N) is 1. The summed E-state index contributed by atoms with van der Waals surface area (Å²) in [4.78, 5) is 10.4. The first-order chi connectivity index (χ1) is 4.20. The van der Waals surface area contributed by atoms with Gasteiger partial charge in [-0.05, 0) is 6.92 Å². The number of carbonyl (C=O) groups is 1. The number of esters is 1. The predicted octanol–water partition coefficient (Wildman–Crippen LogP) is 0.969. The van der Waals surface area contributed by atoms with Crippen LogP contribution in [0.3, 0.4) is 0 Å². The van der Waals surface area contributed by atoms with E-state index in [9.17, 15) is 4.79 Å². The van der Waals surface area contributed by atoms with Gasteiger partial charge in [-0.3, -0.25) is 4.79 Å².